The first kappa shape index (κ1) is 8.36. The zero-order chi connectivity index (χ0) is 8.77. The molecule has 2 unspecified atom stereocenters. The van der Waals surface area contributed by atoms with Crippen LogP contribution in [-0.2, 0) is 9.98 Å². The van der Waals surface area contributed by atoms with Crippen LogP contribution in [0.3, 0.4) is 0 Å². The average molecular weight is 202 g/mol. The lowest BCUT2D eigenvalue weighted by Crippen LogP contribution is -2.02. The SMILES string of the molecule is [O]C1CC1(Cl)c1ccccc1Cl. The maximum atomic E-state index is 11.1. The van der Waals surface area contributed by atoms with E-state index in [1.807, 2.05) is 18.2 Å². The molecule has 0 aliphatic heterocycles. The van der Waals surface area contributed by atoms with Crippen molar-refractivity contribution in [3.8, 4) is 0 Å². The van der Waals surface area contributed by atoms with Crippen molar-refractivity contribution in [1.82, 2.24) is 0 Å². The van der Waals surface area contributed by atoms with E-state index in [-0.39, 0.29) is 0 Å². The summed E-state index contributed by atoms with van der Waals surface area (Å²) >= 11 is 11.9. The smallest absolute Gasteiger partial charge is 0.118 e. The van der Waals surface area contributed by atoms with E-state index in [9.17, 15) is 5.11 Å². The summed E-state index contributed by atoms with van der Waals surface area (Å²) in [6.07, 6.45) is -0.211. The summed E-state index contributed by atoms with van der Waals surface area (Å²) in [5.74, 6) is 0. The minimum absolute atomic E-state index is 0.484. The van der Waals surface area contributed by atoms with Gasteiger partial charge in [-0.1, -0.05) is 29.8 Å². The van der Waals surface area contributed by atoms with Crippen molar-refractivity contribution >= 4 is 23.2 Å². The van der Waals surface area contributed by atoms with Crippen molar-refractivity contribution in [2.24, 2.45) is 0 Å². The molecule has 1 aromatic carbocycles. The first-order chi connectivity index (χ1) is 5.64. The molecule has 0 amide bonds. The molecule has 1 saturated carbocycles. The second-order valence-electron chi connectivity index (χ2n) is 3.04. The van der Waals surface area contributed by atoms with Gasteiger partial charge in [0.2, 0.25) is 0 Å². The van der Waals surface area contributed by atoms with Crippen LogP contribution in [0.1, 0.15) is 12.0 Å². The number of rotatable bonds is 1. The zero-order valence-electron chi connectivity index (χ0n) is 6.26. The lowest BCUT2D eigenvalue weighted by atomic mass is 10.1. The number of halogens is 2. The molecule has 1 aliphatic rings. The van der Waals surface area contributed by atoms with Crippen molar-refractivity contribution in [2.75, 3.05) is 0 Å². The molecule has 1 nitrogen and oxygen atoms in total. The Morgan fingerprint density at radius 3 is 2.50 bits per heavy atom. The summed E-state index contributed by atoms with van der Waals surface area (Å²) in [5, 5.41) is 11.6. The molecule has 1 radical (unpaired) electrons. The number of hydrogen-bond acceptors (Lipinski definition) is 0. The third-order valence-corrected chi connectivity index (χ3v) is 3.09. The van der Waals surface area contributed by atoms with E-state index >= 15 is 0 Å². The van der Waals surface area contributed by atoms with Gasteiger partial charge in [-0.2, -0.15) is 0 Å². The van der Waals surface area contributed by atoms with Gasteiger partial charge in [-0.25, -0.2) is 5.11 Å². The van der Waals surface area contributed by atoms with Gasteiger partial charge in [0.15, 0.2) is 0 Å². The molecule has 0 saturated heterocycles. The highest BCUT2D eigenvalue weighted by molar-refractivity contribution is 6.34. The van der Waals surface area contributed by atoms with Crippen molar-refractivity contribution in [1.29, 1.82) is 0 Å². The summed E-state index contributed by atoms with van der Waals surface area (Å²) in [7, 11) is 0. The van der Waals surface area contributed by atoms with Gasteiger partial charge in [0, 0.05) is 11.4 Å². The molecule has 0 spiro atoms. The molecule has 0 N–H and O–H groups in total. The van der Waals surface area contributed by atoms with Crippen molar-refractivity contribution < 1.29 is 5.11 Å². The van der Waals surface area contributed by atoms with Crippen molar-refractivity contribution in [3.05, 3.63) is 34.9 Å². The predicted molar refractivity (Wildman–Crippen MR) is 48.1 cm³/mol. The lowest BCUT2D eigenvalue weighted by Gasteiger charge is -2.07. The van der Waals surface area contributed by atoms with Gasteiger partial charge < -0.3 is 0 Å². The fourth-order valence-electron chi connectivity index (χ4n) is 1.29. The number of alkyl halides is 1. The molecule has 1 aromatic rings. The topological polar surface area (TPSA) is 19.9 Å². The van der Waals surface area contributed by atoms with Crippen molar-refractivity contribution in [3.63, 3.8) is 0 Å². The Morgan fingerprint density at radius 2 is 2.00 bits per heavy atom. The zero-order valence-corrected chi connectivity index (χ0v) is 7.77. The van der Waals surface area contributed by atoms with Crippen LogP contribution in [0.25, 0.3) is 0 Å². The first-order valence-corrected chi connectivity index (χ1v) is 4.50. The summed E-state index contributed by atoms with van der Waals surface area (Å²) in [4.78, 5) is -0.724. The molecule has 0 aromatic heterocycles. The maximum absolute atomic E-state index is 11.1. The molecule has 1 fully saturated rings. The lowest BCUT2D eigenvalue weighted by molar-refractivity contribution is 0.165. The maximum Gasteiger partial charge on any atom is 0.118 e. The molecule has 63 valence electrons. The Kier molecular flexibility index (Phi) is 1.83. The van der Waals surface area contributed by atoms with Crippen LogP contribution in [-0.4, -0.2) is 6.10 Å². The Labute approximate surface area is 80.9 Å². The summed E-state index contributed by atoms with van der Waals surface area (Å²) in [6, 6.07) is 7.24. The van der Waals surface area contributed by atoms with Crippen LogP contribution in [0, 0.1) is 0 Å². The molecule has 12 heavy (non-hydrogen) atoms. The highest BCUT2D eigenvalue weighted by Crippen LogP contribution is 2.54. The minimum atomic E-state index is -0.724. The monoisotopic (exact) mass is 201 g/mol. The second kappa shape index (κ2) is 2.63. The highest BCUT2D eigenvalue weighted by atomic mass is 35.5. The fraction of sp³-hybridized carbons (Fsp3) is 0.333. The fourth-order valence-corrected chi connectivity index (χ4v) is 1.95. The van der Waals surface area contributed by atoms with Gasteiger partial charge in [-0.15, -0.1) is 11.6 Å². The number of hydrogen-bond donors (Lipinski definition) is 0. The van der Waals surface area contributed by atoms with Gasteiger partial charge in [-0.05, 0) is 11.6 Å². The first-order valence-electron chi connectivity index (χ1n) is 3.74. The average Bonchev–Trinajstić information content (AvgIpc) is 2.61. The van der Waals surface area contributed by atoms with Gasteiger partial charge in [0.05, 0.1) is 0 Å². The van der Waals surface area contributed by atoms with Crippen LogP contribution >= 0.6 is 23.2 Å². The van der Waals surface area contributed by atoms with Crippen LogP contribution < -0.4 is 0 Å². The van der Waals surface area contributed by atoms with Crippen LogP contribution in [0.15, 0.2) is 24.3 Å². The Morgan fingerprint density at radius 1 is 1.42 bits per heavy atom. The Bertz CT molecular complexity index is 313. The van der Waals surface area contributed by atoms with Gasteiger partial charge >= 0.3 is 0 Å². The summed E-state index contributed by atoms with van der Waals surface area (Å²) < 4.78 is 0. The van der Waals surface area contributed by atoms with Crippen LogP contribution in [0.5, 0.6) is 0 Å². The van der Waals surface area contributed by atoms with Crippen LogP contribution in [0.2, 0.25) is 5.02 Å². The molecule has 1 aliphatic carbocycles. The Hall–Kier alpha value is -0.240. The Balaban J connectivity index is 2.41. The van der Waals surface area contributed by atoms with E-state index in [0.29, 0.717) is 11.4 Å². The largest absolute Gasteiger partial charge is 0.231 e. The van der Waals surface area contributed by atoms with Gasteiger partial charge in [0.1, 0.15) is 11.0 Å². The van der Waals surface area contributed by atoms with E-state index in [0.717, 1.165) is 5.56 Å². The molecule has 0 heterocycles. The van der Waals surface area contributed by atoms with E-state index in [4.69, 9.17) is 23.2 Å². The molecule has 2 atom stereocenters. The molecule has 3 heteroatoms. The van der Waals surface area contributed by atoms with E-state index < -0.39 is 11.0 Å². The number of benzene rings is 1. The van der Waals surface area contributed by atoms with Crippen LogP contribution in [0.4, 0.5) is 0 Å². The second-order valence-corrected chi connectivity index (χ2v) is 4.12. The standard InChI is InChI=1S/C9H7Cl2O/c10-7-4-2-1-3-6(7)9(11)5-8(9)12/h1-4,8H,5H2. The molecule has 2 rings (SSSR count). The van der Waals surface area contributed by atoms with E-state index in [2.05, 4.69) is 0 Å². The normalized spacial score (nSPS) is 33.4. The highest BCUT2D eigenvalue weighted by Gasteiger charge is 2.56. The predicted octanol–water partition coefficient (Wildman–Crippen LogP) is 2.98. The summed E-state index contributed by atoms with van der Waals surface area (Å²) in [5.41, 5.74) is 0.772. The quantitative estimate of drug-likeness (QED) is 0.624. The molecule has 0 bridgehead atoms. The minimum Gasteiger partial charge on any atom is -0.231 e. The third-order valence-electron chi connectivity index (χ3n) is 2.15. The molecular formula is C9H7Cl2O. The van der Waals surface area contributed by atoms with Gasteiger partial charge in [0.25, 0.3) is 0 Å². The van der Waals surface area contributed by atoms with Gasteiger partial charge in [-0.3, -0.25) is 0 Å². The summed E-state index contributed by atoms with van der Waals surface area (Å²) in [6.45, 7) is 0. The van der Waals surface area contributed by atoms with E-state index in [1.54, 1.807) is 6.07 Å². The van der Waals surface area contributed by atoms with E-state index in [1.165, 1.54) is 0 Å². The van der Waals surface area contributed by atoms with Crippen molar-refractivity contribution in [2.45, 2.75) is 17.4 Å². The molecular weight excluding hydrogens is 195 g/mol. The third kappa shape index (κ3) is 1.13.